The molecule has 0 bridgehead atoms. The van der Waals surface area contributed by atoms with Crippen molar-refractivity contribution in [1.82, 2.24) is 15.6 Å². The number of amides is 2. The molecule has 0 saturated heterocycles. The number of carbonyl (C=O) groups is 2. The molecule has 4 aromatic rings. The molecule has 2 amide bonds. The largest absolute Gasteiger partial charge is 0.413 e. The van der Waals surface area contributed by atoms with Gasteiger partial charge in [-0.25, -0.2) is 17.6 Å². The summed E-state index contributed by atoms with van der Waals surface area (Å²) < 4.78 is 48.5. The second-order valence-electron chi connectivity index (χ2n) is 10.3. The van der Waals surface area contributed by atoms with Gasteiger partial charge in [0, 0.05) is 36.6 Å². The van der Waals surface area contributed by atoms with Crippen LogP contribution in [0.5, 0.6) is 5.88 Å². The summed E-state index contributed by atoms with van der Waals surface area (Å²) in [6.07, 6.45) is -0.783. The first-order chi connectivity index (χ1) is 18.8. The number of halogens is 1. The van der Waals surface area contributed by atoms with Crippen LogP contribution in [0.2, 0.25) is 0 Å². The van der Waals surface area contributed by atoms with Crippen molar-refractivity contribution in [2.45, 2.75) is 38.0 Å². The number of anilines is 1. The van der Waals surface area contributed by atoms with Crippen molar-refractivity contribution in [2.24, 2.45) is 0 Å². The average molecular weight is 567 g/mol. The molecule has 1 aromatic heterocycles. The van der Waals surface area contributed by atoms with Crippen molar-refractivity contribution in [3.63, 3.8) is 0 Å². The van der Waals surface area contributed by atoms with Crippen LogP contribution in [-0.4, -0.2) is 38.5 Å². The molecule has 4 rings (SSSR count). The number of hydrogen-bond donors (Lipinski definition) is 4. The van der Waals surface area contributed by atoms with Crippen LogP contribution in [0.15, 0.2) is 71.6 Å². The van der Waals surface area contributed by atoms with Gasteiger partial charge in [-0.05, 0) is 59.0 Å². The van der Waals surface area contributed by atoms with E-state index in [1.54, 1.807) is 48.5 Å². The molecular formula is C29H31FN4O5S. The Balaban J connectivity index is 1.66. The predicted octanol–water partition coefficient (Wildman–Crippen LogP) is 5.30. The molecule has 1 heterocycles. The molecule has 0 radical (unpaired) electrons. The van der Waals surface area contributed by atoms with Crippen LogP contribution >= 0.6 is 0 Å². The van der Waals surface area contributed by atoms with E-state index in [9.17, 15) is 22.4 Å². The third-order valence-electron chi connectivity index (χ3n) is 6.12. The predicted molar refractivity (Wildman–Crippen MR) is 152 cm³/mol. The van der Waals surface area contributed by atoms with Gasteiger partial charge in [0.2, 0.25) is 11.8 Å². The summed E-state index contributed by atoms with van der Waals surface area (Å²) in [6.45, 7) is 7.86. The summed E-state index contributed by atoms with van der Waals surface area (Å²) in [6, 6.07) is 17.3. The Bertz CT molecular complexity index is 1660. The maximum absolute atomic E-state index is 14.2. The third-order valence-corrected chi connectivity index (χ3v) is 7.52. The van der Waals surface area contributed by atoms with Crippen LogP contribution in [0.25, 0.3) is 22.0 Å². The monoisotopic (exact) mass is 566 g/mol. The van der Waals surface area contributed by atoms with Gasteiger partial charge < -0.3 is 20.4 Å². The van der Waals surface area contributed by atoms with E-state index in [1.807, 2.05) is 20.8 Å². The molecule has 0 aliphatic heterocycles. The molecule has 210 valence electrons. The van der Waals surface area contributed by atoms with Gasteiger partial charge in [0.05, 0.1) is 10.5 Å². The maximum atomic E-state index is 14.2. The normalized spacial score (nSPS) is 11.7. The molecule has 11 heteroatoms. The zero-order valence-corrected chi connectivity index (χ0v) is 23.4. The minimum Gasteiger partial charge on any atom is -0.393 e. The fraction of sp³-hybridized carbons (Fsp3) is 0.241. The molecule has 0 saturated carbocycles. The van der Waals surface area contributed by atoms with E-state index in [0.717, 1.165) is 5.56 Å². The second kappa shape index (κ2) is 11.4. The van der Waals surface area contributed by atoms with E-state index in [4.69, 9.17) is 4.74 Å². The number of carbonyl (C=O) groups excluding carboxylic acids is 2. The summed E-state index contributed by atoms with van der Waals surface area (Å²) in [7, 11) is -3.91. The summed E-state index contributed by atoms with van der Waals surface area (Å²) in [4.78, 5) is 26.6. The SMILES string of the molecule is CC(=O)NCCNC(=O)Oc1[nH]c2ccc(NS(=O)(=O)c3ccc(C(C)(C)C)cc3)cc2c1-c1cccc(F)c1. The number of aromatic nitrogens is 1. The summed E-state index contributed by atoms with van der Waals surface area (Å²) in [5, 5.41) is 5.60. The van der Waals surface area contributed by atoms with Crippen molar-refractivity contribution in [1.29, 1.82) is 0 Å². The second-order valence-corrected chi connectivity index (χ2v) is 12.0. The van der Waals surface area contributed by atoms with Crippen molar-refractivity contribution in [3.05, 3.63) is 78.1 Å². The molecule has 0 aliphatic carbocycles. The molecule has 0 aliphatic rings. The van der Waals surface area contributed by atoms with E-state index in [1.165, 1.54) is 25.1 Å². The highest BCUT2D eigenvalue weighted by Crippen LogP contribution is 2.39. The van der Waals surface area contributed by atoms with Crippen molar-refractivity contribution >= 4 is 38.6 Å². The minimum absolute atomic E-state index is 0.0513. The van der Waals surface area contributed by atoms with Gasteiger partial charge in [0.25, 0.3) is 10.0 Å². The van der Waals surface area contributed by atoms with Crippen molar-refractivity contribution in [2.75, 3.05) is 17.8 Å². The van der Waals surface area contributed by atoms with E-state index in [2.05, 4.69) is 20.3 Å². The standard InChI is InChI=1S/C29H31FN4O5S/c1-18(35)31-14-15-32-28(36)39-27-26(19-6-5-7-21(30)16-19)24-17-22(10-13-25(24)33-27)34-40(37,38)23-11-8-20(9-12-23)29(2,3)4/h5-13,16-17,33-34H,14-15H2,1-4H3,(H,31,35)(H,32,36). The number of aromatic amines is 1. The number of H-pyrrole nitrogens is 1. The van der Waals surface area contributed by atoms with Gasteiger partial charge in [-0.2, -0.15) is 0 Å². The number of fused-ring (bicyclic) bond motifs is 1. The Morgan fingerprint density at radius 1 is 0.950 bits per heavy atom. The van der Waals surface area contributed by atoms with Crippen LogP contribution in [0.1, 0.15) is 33.3 Å². The summed E-state index contributed by atoms with van der Waals surface area (Å²) in [5.41, 5.74) is 2.50. The minimum atomic E-state index is -3.91. The number of hydrogen-bond acceptors (Lipinski definition) is 5. The molecule has 0 unspecified atom stereocenters. The summed E-state index contributed by atoms with van der Waals surface area (Å²) >= 11 is 0. The van der Waals surface area contributed by atoms with Gasteiger partial charge in [-0.3, -0.25) is 9.52 Å². The average Bonchev–Trinajstić information content (AvgIpc) is 3.22. The Morgan fingerprint density at radius 2 is 1.65 bits per heavy atom. The lowest BCUT2D eigenvalue weighted by atomic mass is 9.87. The first-order valence-electron chi connectivity index (χ1n) is 12.6. The zero-order valence-electron chi connectivity index (χ0n) is 22.6. The Labute approximate surface area is 232 Å². The summed E-state index contributed by atoms with van der Waals surface area (Å²) in [5.74, 6) is -0.670. The third kappa shape index (κ3) is 6.78. The molecule has 0 atom stereocenters. The van der Waals surface area contributed by atoms with Crippen LogP contribution in [0.4, 0.5) is 14.9 Å². The van der Waals surface area contributed by atoms with Crippen LogP contribution in [0, 0.1) is 5.82 Å². The number of ether oxygens (including phenoxy) is 1. The Kier molecular flexibility index (Phi) is 8.15. The van der Waals surface area contributed by atoms with Crippen molar-refractivity contribution in [3.8, 4) is 17.0 Å². The lowest BCUT2D eigenvalue weighted by molar-refractivity contribution is -0.118. The molecule has 0 spiro atoms. The highest BCUT2D eigenvalue weighted by molar-refractivity contribution is 7.92. The van der Waals surface area contributed by atoms with E-state index in [-0.39, 0.29) is 40.9 Å². The molecule has 9 nitrogen and oxygen atoms in total. The van der Waals surface area contributed by atoms with Crippen LogP contribution < -0.4 is 20.1 Å². The highest BCUT2D eigenvalue weighted by atomic mass is 32.2. The van der Waals surface area contributed by atoms with Crippen molar-refractivity contribution < 1.29 is 27.1 Å². The van der Waals surface area contributed by atoms with Gasteiger partial charge in [0.15, 0.2) is 0 Å². The topological polar surface area (TPSA) is 129 Å². The number of rotatable bonds is 8. The highest BCUT2D eigenvalue weighted by Gasteiger charge is 2.21. The molecule has 4 N–H and O–H groups in total. The fourth-order valence-corrected chi connectivity index (χ4v) is 5.17. The molecular weight excluding hydrogens is 535 g/mol. The number of nitrogens with one attached hydrogen (secondary N) is 4. The van der Waals surface area contributed by atoms with E-state index < -0.39 is 21.9 Å². The number of benzene rings is 3. The Hall–Kier alpha value is -4.38. The van der Waals surface area contributed by atoms with Gasteiger partial charge in [0.1, 0.15) is 5.82 Å². The van der Waals surface area contributed by atoms with Gasteiger partial charge in [-0.1, -0.05) is 45.0 Å². The van der Waals surface area contributed by atoms with E-state index >= 15 is 0 Å². The first kappa shape index (κ1) is 28.6. The Morgan fingerprint density at radius 3 is 2.30 bits per heavy atom. The molecule has 3 aromatic carbocycles. The lowest BCUT2D eigenvalue weighted by Gasteiger charge is -2.19. The fourth-order valence-electron chi connectivity index (χ4n) is 4.12. The first-order valence-corrected chi connectivity index (χ1v) is 14.1. The lowest BCUT2D eigenvalue weighted by Crippen LogP contribution is -2.35. The van der Waals surface area contributed by atoms with Crippen LogP contribution in [-0.2, 0) is 20.2 Å². The maximum Gasteiger partial charge on any atom is 0.413 e. The van der Waals surface area contributed by atoms with E-state index in [0.29, 0.717) is 22.0 Å². The zero-order chi connectivity index (χ0) is 29.1. The quantitative estimate of drug-likeness (QED) is 0.215. The van der Waals surface area contributed by atoms with Gasteiger partial charge >= 0.3 is 6.09 Å². The smallest absolute Gasteiger partial charge is 0.393 e. The number of sulfonamides is 1. The van der Waals surface area contributed by atoms with Crippen LogP contribution in [0.3, 0.4) is 0 Å². The molecule has 40 heavy (non-hydrogen) atoms. The molecule has 0 fully saturated rings. The van der Waals surface area contributed by atoms with Gasteiger partial charge in [-0.15, -0.1) is 0 Å².